The van der Waals surface area contributed by atoms with Gasteiger partial charge in [0.05, 0.1) is 28.1 Å². The van der Waals surface area contributed by atoms with Gasteiger partial charge in [0.1, 0.15) is 6.04 Å². The number of aryl methyl sites for hydroxylation is 1. The molecule has 0 saturated carbocycles. The molecule has 4 atom stereocenters. The van der Waals surface area contributed by atoms with Gasteiger partial charge in [-0.2, -0.15) is 0 Å². The summed E-state index contributed by atoms with van der Waals surface area (Å²) in [4.78, 5) is 43.3. The van der Waals surface area contributed by atoms with Gasteiger partial charge in [0.25, 0.3) is 0 Å². The molecule has 1 saturated heterocycles. The number of β-amino-alcohol motifs (C(OH)–C–C–N with tert-alkyl or cyclic N) is 1. The number of benzene rings is 1. The van der Waals surface area contributed by atoms with Crippen LogP contribution in [0.1, 0.15) is 31.5 Å². The maximum absolute atomic E-state index is 12.9. The number of likely N-dealkylation sites (tertiary alicyclic amines) is 1. The molecule has 1 aromatic heterocycles. The van der Waals surface area contributed by atoms with Gasteiger partial charge in [-0.1, -0.05) is 31.2 Å². The number of thiazole rings is 1. The fraction of sp³-hybridized carbons (Fsp3) is 0.455. The van der Waals surface area contributed by atoms with Gasteiger partial charge in [0.15, 0.2) is 0 Å². The van der Waals surface area contributed by atoms with E-state index in [4.69, 9.17) is 5.11 Å². The van der Waals surface area contributed by atoms with E-state index < -0.39 is 30.2 Å². The third kappa shape index (κ3) is 5.43. The average Bonchev–Trinajstić information content (AvgIpc) is 3.36. The molecule has 3 rings (SSSR count). The largest absolute Gasteiger partial charge is 0.465 e. The molecule has 3 amide bonds. The molecule has 10 heteroatoms. The summed E-state index contributed by atoms with van der Waals surface area (Å²) >= 11 is 1.57. The van der Waals surface area contributed by atoms with E-state index in [2.05, 4.69) is 15.6 Å². The number of aromatic nitrogens is 1. The third-order valence-corrected chi connectivity index (χ3v) is 6.76. The number of rotatable bonds is 7. The van der Waals surface area contributed by atoms with E-state index in [0.717, 1.165) is 21.7 Å². The second kappa shape index (κ2) is 10.1. The highest BCUT2D eigenvalue weighted by Crippen LogP contribution is 2.27. The molecular formula is C22H28N4O5S. The van der Waals surface area contributed by atoms with Crippen LogP contribution >= 0.6 is 11.3 Å². The second-order valence-electron chi connectivity index (χ2n) is 8.10. The third-order valence-electron chi connectivity index (χ3n) is 5.78. The lowest BCUT2D eigenvalue weighted by atomic mass is 10.0. The molecule has 32 heavy (non-hydrogen) atoms. The van der Waals surface area contributed by atoms with Gasteiger partial charge < -0.3 is 25.7 Å². The molecule has 1 aliphatic rings. The van der Waals surface area contributed by atoms with Gasteiger partial charge in [-0.25, -0.2) is 9.78 Å². The quantitative estimate of drug-likeness (QED) is 0.500. The normalized spacial score (nSPS) is 19.9. The summed E-state index contributed by atoms with van der Waals surface area (Å²) in [6, 6.07) is 6.41. The minimum absolute atomic E-state index is 0.0456. The molecule has 172 valence electrons. The Morgan fingerprint density at radius 1 is 1.25 bits per heavy atom. The number of hydrogen-bond donors (Lipinski definition) is 4. The van der Waals surface area contributed by atoms with Crippen molar-refractivity contribution in [2.45, 2.75) is 51.9 Å². The van der Waals surface area contributed by atoms with Crippen LogP contribution in [-0.2, 0) is 16.1 Å². The Hall–Kier alpha value is -2.98. The Morgan fingerprint density at radius 2 is 1.94 bits per heavy atom. The zero-order chi connectivity index (χ0) is 23.4. The summed E-state index contributed by atoms with van der Waals surface area (Å²) in [5.74, 6) is -1.38. The monoisotopic (exact) mass is 460 g/mol. The number of nitrogens with zero attached hydrogens (tertiary/aromatic N) is 2. The van der Waals surface area contributed by atoms with Crippen molar-refractivity contribution in [1.29, 1.82) is 0 Å². The van der Waals surface area contributed by atoms with Crippen molar-refractivity contribution in [3.8, 4) is 10.4 Å². The molecule has 1 fully saturated rings. The Bertz CT molecular complexity index is 977. The lowest BCUT2D eigenvalue weighted by Crippen LogP contribution is -2.50. The van der Waals surface area contributed by atoms with Crippen LogP contribution in [0.15, 0.2) is 29.8 Å². The first-order valence-electron chi connectivity index (χ1n) is 10.4. The van der Waals surface area contributed by atoms with Crippen LogP contribution in [-0.4, -0.2) is 62.7 Å². The topological polar surface area (TPSA) is 132 Å². The smallest absolute Gasteiger partial charge is 0.404 e. The van der Waals surface area contributed by atoms with Gasteiger partial charge in [-0.05, 0) is 25.0 Å². The minimum atomic E-state index is -1.22. The van der Waals surface area contributed by atoms with Gasteiger partial charge in [-0.15, -0.1) is 11.3 Å². The van der Waals surface area contributed by atoms with E-state index in [-0.39, 0.29) is 24.8 Å². The van der Waals surface area contributed by atoms with Crippen molar-refractivity contribution in [2.24, 2.45) is 5.92 Å². The number of nitrogens with one attached hydrogen (secondary N) is 2. The summed E-state index contributed by atoms with van der Waals surface area (Å²) in [6.45, 7) is 5.50. The van der Waals surface area contributed by atoms with E-state index >= 15 is 0 Å². The van der Waals surface area contributed by atoms with E-state index in [1.165, 1.54) is 4.90 Å². The molecule has 1 unspecified atom stereocenters. The Labute approximate surface area is 190 Å². The fourth-order valence-corrected chi connectivity index (χ4v) is 4.57. The molecule has 1 aromatic carbocycles. The Kier molecular flexibility index (Phi) is 7.47. The van der Waals surface area contributed by atoms with Crippen LogP contribution < -0.4 is 10.6 Å². The summed E-state index contributed by atoms with van der Waals surface area (Å²) in [5, 5.41) is 24.1. The zero-order valence-electron chi connectivity index (χ0n) is 18.2. The van der Waals surface area contributed by atoms with Crippen LogP contribution in [0.3, 0.4) is 0 Å². The number of aliphatic hydroxyl groups excluding tert-OH is 1. The van der Waals surface area contributed by atoms with Crippen molar-refractivity contribution >= 4 is 29.2 Å². The van der Waals surface area contributed by atoms with Crippen molar-refractivity contribution in [1.82, 2.24) is 20.5 Å². The van der Waals surface area contributed by atoms with E-state index in [1.807, 2.05) is 31.2 Å². The fourth-order valence-electron chi connectivity index (χ4n) is 3.76. The molecule has 2 aromatic rings. The zero-order valence-corrected chi connectivity index (χ0v) is 19.1. The van der Waals surface area contributed by atoms with E-state index in [1.54, 1.807) is 30.7 Å². The van der Waals surface area contributed by atoms with Crippen LogP contribution in [0.2, 0.25) is 0 Å². The number of aliphatic hydroxyl groups is 1. The standard InChI is InChI=1S/C22H28N4O5S/c1-12(13(2)25-22(30)31)21(29)26-10-17(27)8-18(26)20(28)23-9-15-4-6-16(7-5-15)19-14(3)24-11-32-19/h4-7,11-13,17-18,25,27H,8-10H2,1-3H3,(H,23,28)(H,30,31)/t12-,13?,17+,18-/m0/s1. The Morgan fingerprint density at radius 3 is 2.53 bits per heavy atom. The maximum Gasteiger partial charge on any atom is 0.404 e. The first-order valence-corrected chi connectivity index (χ1v) is 11.3. The SMILES string of the molecule is Cc1ncsc1-c1ccc(CNC(=O)[C@@H]2C[C@@H](O)CN2C(=O)[C@@H](C)C(C)NC(=O)O)cc1. The van der Waals surface area contributed by atoms with Crippen LogP contribution in [0.5, 0.6) is 0 Å². The van der Waals surface area contributed by atoms with Crippen molar-refractivity contribution in [2.75, 3.05) is 6.54 Å². The van der Waals surface area contributed by atoms with Gasteiger partial charge in [0.2, 0.25) is 11.8 Å². The number of carboxylic acid groups (broad SMARTS) is 1. The van der Waals surface area contributed by atoms with Crippen molar-refractivity contribution in [3.05, 3.63) is 41.0 Å². The van der Waals surface area contributed by atoms with Gasteiger partial charge in [0, 0.05) is 25.6 Å². The van der Waals surface area contributed by atoms with Gasteiger partial charge in [-0.3, -0.25) is 9.59 Å². The minimum Gasteiger partial charge on any atom is -0.465 e. The maximum atomic E-state index is 12.9. The van der Waals surface area contributed by atoms with Crippen LogP contribution in [0, 0.1) is 12.8 Å². The highest BCUT2D eigenvalue weighted by Gasteiger charge is 2.41. The van der Waals surface area contributed by atoms with E-state index in [0.29, 0.717) is 6.54 Å². The lowest BCUT2D eigenvalue weighted by Gasteiger charge is -2.29. The van der Waals surface area contributed by atoms with Gasteiger partial charge >= 0.3 is 6.09 Å². The number of carbonyl (C=O) groups is 3. The summed E-state index contributed by atoms with van der Waals surface area (Å²) in [6.07, 6.45) is -1.87. The van der Waals surface area contributed by atoms with Crippen LogP contribution in [0.4, 0.5) is 4.79 Å². The average molecular weight is 461 g/mol. The summed E-state index contributed by atoms with van der Waals surface area (Å²) in [7, 11) is 0. The highest BCUT2D eigenvalue weighted by molar-refractivity contribution is 7.13. The number of amides is 3. The molecule has 0 radical (unpaired) electrons. The predicted octanol–water partition coefficient (Wildman–Crippen LogP) is 1.99. The first kappa shape index (κ1) is 23.7. The lowest BCUT2D eigenvalue weighted by molar-refractivity contribution is -0.141. The first-order chi connectivity index (χ1) is 15.2. The molecule has 0 bridgehead atoms. The van der Waals surface area contributed by atoms with Crippen LogP contribution in [0.25, 0.3) is 10.4 Å². The predicted molar refractivity (Wildman–Crippen MR) is 120 cm³/mol. The molecule has 0 aliphatic carbocycles. The van der Waals surface area contributed by atoms with Crippen molar-refractivity contribution in [3.63, 3.8) is 0 Å². The number of carbonyl (C=O) groups excluding carboxylic acids is 2. The molecule has 9 nitrogen and oxygen atoms in total. The number of hydrogen-bond acceptors (Lipinski definition) is 6. The molecule has 2 heterocycles. The second-order valence-corrected chi connectivity index (χ2v) is 8.96. The summed E-state index contributed by atoms with van der Waals surface area (Å²) in [5.41, 5.74) is 4.76. The molecule has 1 aliphatic heterocycles. The molecular weight excluding hydrogens is 432 g/mol. The Balaban J connectivity index is 1.61. The molecule has 0 spiro atoms. The summed E-state index contributed by atoms with van der Waals surface area (Å²) < 4.78 is 0. The molecule has 4 N–H and O–H groups in total. The highest BCUT2D eigenvalue weighted by atomic mass is 32.1. The van der Waals surface area contributed by atoms with E-state index in [9.17, 15) is 19.5 Å². The van der Waals surface area contributed by atoms with Crippen molar-refractivity contribution < 1.29 is 24.6 Å².